The molecule has 0 aromatic heterocycles. The molecule has 2 rings (SSSR count). The molecule has 20 heavy (non-hydrogen) atoms. The second kappa shape index (κ2) is 5.61. The Balaban J connectivity index is 2.26. The normalized spacial score (nSPS) is 10.9. The Labute approximate surface area is 112 Å². The molecule has 0 heterocycles. The zero-order valence-electron chi connectivity index (χ0n) is 10.1. The van der Waals surface area contributed by atoms with Gasteiger partial charge in [0, 0.05) is 17.2 Å². The van der Waals surface area contributed by atoms with Crippen LogP contribution in [0.1, 0.15) is 15.9 Å². The van der Waals surface area contributed by atoms with Gasteiger partial charge in [-0.2, -0.15) is 0 Å². The summed E-state index contributed by atoms with van der Waals surface area (Å²) < 4.78 is 39.0. The summed E-state index contributed by atoms with van der Waals surface area (Å²) in [7, 11) is 0. The minimum atomic E-state index is -1.29. The number of phenols is 1. The van der Waals surface area contributed by atoms with Crippen LogP contribution in [-0.2, 0) is 0 Å². The van der Waals surface area contributed by atoms with E-state index in [9.17, 15) is 23.1 Å². The number of carbonyl (C=O) groups excluding carboxylic acids is 1. The highest BCUT2D eigenvalue weighted by Crippen LogP contribution is 2.16. The molecule has 0 bridgehead atoms. The Morgan fingerprint density at radius 2 is 1.70 bits per heavy atom. The average Bonchev–Trinajstić information content (AvgIpc) is 2.41. The maximum atomic E-state index is 13.3. The molecule has 2 aromatic rings. The van der Waals surface area contributed by atoms with Crippen molar-refractivity contribution in [2.45, 2.75) is 0 Å². The Bertz CT molecular complexity index is 694. The van der Waals surface area contributed by atoms with Crippen molar-refractivity contribution in [1.82, 2.24) is 0 Å². The lowest BCUT2D eigenvalue weighted by atomic mass is 10.1. The molecule has 0 saturated heterocycles. The number of halogens is 3. The fraction of sp³-hybridized carbons (Fsp3) is 0. The van der Waals surface area contributed by atoms with Crippen LogP contribution >= 0.6 is 0 Å². The van der Waals surface area contributed by atoms with E-state index < -0.39 is 23.2 Å². The molecule has 0 saturated carbocycles. The smallest absolute Gasteiger partial charge is 0.185 e. The second-order valence-corrected chi connectivity index (χ2v) is 4.04. The van der Waals surface area contributed by atoms with Crippen molar-refractivity contribution in [2.24, 2.45) is 0 Å². The minimum Gasteiger partial charge on any atom is -0.508 e. The Morgan fingerprint density at radius 1 is 1.00 bits per heavy atom. The Morgan fingerprint density at radius 3 is 2.40 bits per heavy atom. The quantitative estimate of drug-likeness (QED) is 0.528. The molecule has 0 aliphatic heterocycles. The average molecular weight is 278 g/mol. The molecule has 1 N–H and O–H groups in total. The summed E-state index contributed by atoms with van der Waals surface area (Å²) in [5.74, 6) is -4.04. The molecular weight excluding hydrogens is 269 g/mol. The highest BCUT2D eigenvalue weighted by atomic mass is 19.2. The fourth-order valence-electron chi connectivity index (χ4n) is 1.59. The first-order chi connectivity index (χ1) is 9.47. The molecule has 2 nitrogen and oxygen atoms in total. The van der Waals surface area contributed by atoms with Crippen molar-refractivity contribution in [3.63, 3.8) is 0 Å². The molecule has 0 radical (unpaired) electrons. The number of hydrogen-bond acceptors (Lipinski definition) is 2. The first kappa shape index (κ1) is 13.9. The maximum absolute atomic E-state index is 13.3. The summed E-state index contributed by atoms with van der Waals surface area (Å²) in [6.07, 6.45) is 2.06. The van der Waals surface area contributed by atoms with Gasteiger partial charge in [-0.15, -0.1) is 0 Å². The van der Waals surface area contributed by atoms with Gasteiger partial charge >= 0.3 is 0 Å². The first-order valence-corrected chi connectivity index (χ1v) is 5.63. The fourth-order valence-corrected chi connectivity index (χ4v) is 1.59. The summed E-state index contributed by atoms with van der Waals surface area (Å²) in [6, 6.07) is 6.66. The van der Waals surface area contributed by atoms with Gasteiger partial charge in [0.25, 0.3) is 0 Å². The second-order valence-electron chi connectivity index (χ2n) is 4.04. The topological polar surface area (TPSA) is 37.3 Å². The molecule has 0 aliphatic rings. The summed E-state index contributed by atoms with van der Waals surface area (Å²) in [6.45, 7) is 0. The van der Waals surface area contributed by atoms with E-state index in [1.165, 1.54) is 24.3 Å². The number of allylic oxidation sites excluding steroid dienone is 1. The number of aromatic hydroxyl groups is 1. The van der Waals surface area contributed by atoms with E-state index in [1.54, 1.807) is 0 Å². The van der Waals surface area contributed by atoms with Gasteiger partial charge in [-0.25, -0.2) is 13.2 Å². The van der Waals surface area contributed by atoms with E-state index in [0.29, 0.717) is 12.1 Å². The third kappa shape index (κ3) is 3.06. The highest BCUT2D eigenvalue weighted by molar-refractivity contribution is 6.07. The van der Waals surface area contributed by atoms with Gasteiger partial charge in [-0.05, 0) is 30.4 Å². The van der Waals surface area contributed by atoms with Crippen molar-refractivity contribution in [1.29, 1.82) is 0 Å². The number of phenolic OH excluding ortho intramolecular Hbond substituents is 1. The summed E-state index contributed by atoms with van der Waals surface area (Å²) in [4.78, 5) is 11.7. The molecule has 0 aliphatic carbocycles. The molecule has 0 fully saturated rings. The van der Waals surface area contributed by atoms with Gasteiger partial charge < -0.3 is 5.11 Å². The lowest BCUT2D eigenvalue weighted by Gasteiger charge is -1.99. The van der Waals surface area contributed by atoms with E-state index in [1.807, 2.05) is 0 Å². The summed E-state index contributed by atoms with van der Waals surface area (Å²) in [5.41, 5.74) is -0.0401. The number of rotatable bonds is 3. The first-order valence-electron chi connectivity index (χ1n) is 5.63. The van der Waals surface area contributed by atoms with Crippen LogP contribution in [0.4, 0.5) is 13.2 Å². The van der Waals surface area contributed by atoms with Crippen LogP contribution in [0.15, 0.2) is 42.5 Å². The molecule has 0 unspecified atom stereocenters. The van der Waals surface area contributed by atoms with Crippen molar-refractivity contribution in [2.75, 3.05) is 0 Å². The summed E-state index contributed by atoms with van der Waals surface area (Å²) in [5, 5.41) is 9.23. The van der Waals surface area contributed by atoms with Crippen LogP contribution in [0.2, 0.25) is 0 Å². The van der Waals surface area contributed by atoms with Crippen molar-refractivity contribution in [3.8, 4) is 5.75 Å². The molecule has 5 heteroatoms. The van der Waals surface area contributed by atoms with Crippen LogP contribution in [0, 0.1) is 17.5 Å². The van der Waals surface area contributed by atoms with Crippen LogP contribution in [0.25, 0.3) is 6.08 Å². The van der Waals surface area contributed by atoms with Gasteiger partial charge in [-0.3, -0.25) is 4.79 Å². The third-order valence-corrected chi connectivity index (χ3v) is 2.58. The molecule has 102 valence electrons. The number of ketones is 1. The van der Waals surface area contributed by atoms with E-state index >= 15 is 0 Å². The number of carbonyl (C=O) groups is 1. The van der Waals surface area contributed by atoms with E-state index in [0.717, 1.165) is 12.2 Å². The summed E-state index contributed by atoms with van der Waals surface area (Å²) >= 11 is 0. The van der Waals surface area contributed by atoms with Crippen LogP contribution < -0.4 is 0 Å². The minimum absolute atomic E-state index is 0.0803. The van der Waals surface area contributed by atoms with Crippen LogP contribution in [-0.4, -0.2) is 10.9 Å². The molecule has 0 atom stereocenters. The largest absolute Gasteiger partial charge is 0.508 e. The maximum Gasteiger partial charge on any atom is 0.185 e. The van der Waals surface area contributed by atoms with E-state index in [2.05, 4.69) is 0 Å². The van der Waals surface area contributed by atoms with E-state index in [-0.39, 0.29) is 16.9 Å². The van der Waals surface area contributed by atoms with Gasteiger partial charge in [0.1, 0.15) is 11.6 Å². The molecule has 0 amide bonds. The lowest BCUT2D eigenvalue weighted by Crippen LogP contribution is -1.95. The standard InChI is InChI=1S/C15H9F3O2/c16-12-8-14(18)13(17)7-9(12)4-5-15(20)10-2-1-3-11(19)6-10/h1-8,19H/b5-4+. The van der Waals surface area contributed by atoms with Crippen molar-refractivity contribution < 1.29 is 23.1 Å². The van der Waals surface area contributed by atoms with Gasteiger partial charge in [0.05, 0.1) is 0 Å². The predicted octanol–water partition coefficient (Wildman–Crippen LogP) is 3.71. The van der Waals surface area contributed by atoms with Crippen LogP contribution in [0.3, 0.4) is 0 Å². The number of benzene rings is 2. The zero-order chi connectivity index (χ0) is 14.7. The Kier molecular flexibility index (Phi) is 3.89. The molecule has 2 aromatic carbocycles. The Hall–Kier alpha value is -2.56. The molecule has 0 spiro atoms. The zero-order valence-corrected chi connectivity index (χ0v) is 10.1. The van der Waals surface area contributed by atoms with Gasteiger partial charge in [0.15, 0.2) is 17.4 Å². The predicted molar refractivity (Wildman–Crippen MR) is 67.8 cm³/mol. The third-order valence-electron chi connectivity index (χ3n) is 2.58. The number of hydrogen-bond donors (Lipinski definition) is 1. The van der Waals surface area contributed by atoms with Crippen LogP contribution in [0.5, 0.6) is 5.75 Å². The SMILES string of the molecule is O=C(/C=C/c1cc(F)c(F)cc1F)c1cccc(O)c1. The van der Waals surface area contributed by atoms with Crippen molar-refractivity contribution >= 4 is 11.9 Å². The van der Waals surface area contributed by atoms with Gasteiger partial charge in [0.2, 0.25) is 0 Å². The monoisotopic (exact) mass is 278 g/mol. The van der Waals surface area contributed by atoms with Crippen molar-refractivity contribution in [3.05, 3.63) is 71.1 Å². The lowest BCUT2D eigenvalue weighted by molar-refractivity contribution is 0.104. The highest BCUT2D eigenvalue weighted by Gasteiger charge is 2.08. The van der Waals surface area contributed by atoms with Gasteiger partial charge in [-0.1, -0.05) is 12.1 Å². The van der Waals surface area contributed by atoms with E-state index in [4.69, 9.17) is 0 Å². The molecular formula is C15H9F3O2.